The van der Waals surface area contributed by atoms with Crippen molar-refractivity contribution in [3.8, 4) is 5.75 Å². The number of thiocarbonyl (C=S) groups is 1. The quantitative estimate of drug-likeness (QED) is 0.488. The predicted molar refractivity (Wildman–Crippen MR) is 105 cm³/mol. The van der Waals surface area contributed by atoms with Crippen molar-refractivity contribution in [3.63, 3.8) is 0 Å². The molecule has 1 aliphatic rings. The van der Waals surface area contributed by atoms with Crippen molar-refractivity contribution in [1.29, 1.82) is 0 Å². The van der Waals surface area contributed by atoms with Gasteiger partial charge in [-0.2, -0.15) is 0 Å². The van der Waals surface area contributed by atoms with E-state index in [1.165, 1.54) is 0 Å². The minimum absolute atomic E-state index is 0.109. The third-order valence-corrected chi connectivity index (χ3v) is 4.64. The zero-order valence-electron chi connectivity index (χ0n) is 14.6. The average molecular weight is 369 g/mol. The molecule has 3 rings (SSSR count). The van der Waals surface area contributed by atoms with Crippen molar-refractivity contribution in [2.24, 2.45) is 0 Å². The monoisotopic (exact) mass is 369 g/mol. The number of benzene rings is 2. The molecule has 1 saturated carbocycles. The third kappa shape index (κ3) is 5.56. The lowest BCUT2D eigenvalue weighted by atomic mass is 10.1. The molecule has 0 spiro atoms. The maximum atomic E-state index is 12.3. The number of hydrogen-bond acceptors (Lipinski definition) is 4. The fourth-order valence-corrected chi connectivity index (χ4v) is 3.40. The second-order valence-corrected chi connectivity index (χ2v) is 6.83. The Balaban J connectivity index is 1.53. The van der Waals surface area contributed by atoms with Crippen LogP contribution in [0.15, 0.2) is 60.7 Å². The molecular weight excluding hydrogens is 346 g/mol. The van der Waals surface area contributed by atoms with E-state index in [-0.39, 0.29) is 18.1 Å². The number of rotatable bonds is 4. The molecule has 5 heteroatoms. The molecule has 1 aliphatic carbocycles. The molecule has 0 radical (unpaired) electrons. The number of esters is 1. The molecule has 0 aromatic heterocycles. The van der Waals surface area contributed by atoms with E-state index in [4.69, 9.17) is 21.7 Å². The zero-order valence-corrected chi connectivity index (χ0v) is 15.4. The van der Waals surface area contributed by atoms with Gasteiger partial charge in [-0.3, -0.25) is 0 Å². The Bertz CT molecular complexity index is 721. The maximum Gasteiger partial charge on any atom is 0.338 e. The first-order valence-corrected chi connectivity index (χ1v) is 9.41. The Hall–Kier alpha value is -2.40. The van der Waals surface area contributed by atoms with Gasteiger partial charge in [0.15, 0.2) is 0 Å². The van der Waals surface area contributed by atoms with Crippen LogP contribution >= 0.6 is 12.2 Å². The van der Waals surface area contributed by atoms with Crippen LogP contribution in [0.25, 0.3) is 0 Å². The topological polar surface area (TPSA) is 47.6 Å². The van der Waals surface area contributed by atoms with Crippen LogP contribution in [0.5, 0.6) is 5.75 Å². The number of nitrogens with one attached hydrogen (secondary N) is 1. The molecule has 2 aromatic carbocycles. The molecule has 0 heterocycles. The van der Waals surface area contributed by atoms with Gasteiger partial charge in [0.25, 0.3) is 5.17 Å². The Kier molecular flexibility index (Phi) is 6.61. The van der Waals surface area contributed by atoms with Gasteiger partial charge in [-0.05, 0) is 55.7 Å². The van der Waals surface area contributed by atoms with E-state index in [9.17, 15) is 4.79 Å². The number of carbonyl (C=O) groups is 1. The largest absolute Gasteiger partial charge is 0.459 e. The normalized spacial score (nSPS) is 19.8. The van der Waals surface area contributed by atoms with Crippen molar-refractivity contribution in [2.75, 3.05) is 0 Å². The van der Waals surface area contributed by atoms with Gasteiger partial charge >= 0.3 is 5.97 Å². The minimum Gasteiger partial charge on any atom is -0.459 e. The van der Waals surface area contributed by atoms with Gasteiger partial charge in [0.05, 0.1) is 5.56 Å². The molecule has 2 aromatic rings. The molecule has 0 bridgehead atoms. The van der Waals surface area contributed by atoms with Crippen LogP contribution < -0.4 is 10.1 Å². The van der Waals surface area contributed by atoms with Crippen molar-refractivity contribution in [2.45, 2.75) is 44.2 Å². The van der Waals surface area contributed by atoms with Crippen LogP contribution in [0.3, 0.4) is 0 Å². The summed E-state index contributed by atoms with van der Waals surface area (Å²) in [5.41, 5.74) is 0.587. The van der Waals surface area contributed by atoms with Crippen molar-refractivity contribution in [1.82, 2.24) is 5.32 Å². The summed E-state index contributed by atoms with van der Waals surface area (Å²) in [7, 11) is 0. The van der Waals surface area contributed by atoms with E-state index in [0.717, 1.165) is 32.1 Å². The second-order valence-electron chi connectivity index (χ2n) is 6.46. The van der Waals surface area contributed by atoms with Gasteiger partial charge in [0.2, 0.25) is 0 Å². The first-order valence-electron chi connectivity index (χ1n) is 9.00. The zero-order chi connectivity index (χ0) is 18.2. The smallest absolute Gasteiger partial charge is 0.338 e. The number of carbonyl (C=O) groups excluding carboxylic acids is 1. The van der Waals surface area contributed by atoms with Gasteiger partial charge in [-0.15, -0.1) is 0 Å². The maximum absolute atomic E-state index is 12.3. The van der Waals surface area contributed by atoms with Crippen LogP contribution in [-0.4, -0.2) is 23.3 Å². The Labute approximate surface area is 159 Å². The first-order chi connectivity index (χ1) is 12.7. The molecule has 0 saturated heterocycles. The van der Waals surface area contributed by atoms with Gasteiger partial charge in [0.1, 0.15) is 11.9 Å². The highest BCUT2D eigenvalue weighted by Gasteiger charge is 2.24. The average Bonchev–Trinajstić information content (AvgIpc) is 2.88. The summed E-state index contributed by atoms with van der Waals surface area (Å²) in [6.07, 6.45) is 4.60. The predicted octanol–water partition coefficient (Wildman–Crippen LogP) is 4.50. The second kappa shape index (κ2) is 9.34. The van der Waals surface area contributed by atoms with Crippen molar-refractivity contribution >= 4 is 23.4 Å². The fourth-order valence-electron chi connectivity index (χ4n) is 3.14. The summed E-state index contributed by atoms with van der Waals surface area (Å²) in [4.78, 5) is 12.3. The molecule has 0 unspecified atom stereocenters. The van der Waals surface area contributed by atoms with Gasteiger partial charge in [0, 0.05) is 12.5 Å². The summed E-state index contributed by atoms with van der Waals surface area (Å²) in [5, 5.41) is 3.63. The van der Waals surface area contributed by atoms with E-state index in [2.05, 4.69) is 5.32 Å². The van der Waals surface area contributed by atoms with Crippen molar-refractivity contribution in [3.05, 3.63) is 66.2 Å². The van der Waals surface area contributed by atoms with E-state index < -0.39 is 0 Å². The Morgan fingerprint density at radius 3 is 2.35 bits per heavy atom. The van der Waals surface area contributed by atoms with Gasteiger partial charge in [-0.1, -0.05) is 42.8 Å². The highest BCUT2D eigenvalue weighted by Crippen LogP contribution is 2.22. The first kappa shape index (κ1) is 18.4. The molecule has 0 amide bonds. The third-order valence-electron chi connectivity index (χ3n) is 4.44. The number of ether oxygens (including phenoxy) is 2. The SMILES string of the molecule is O=C(O[C@H]1CCCC[C@H](NC(=S)Oc2ccccc2)C1)c1ccccc1. The van der Waals surface area contributed by atoms with Crippen molar-refractivity contribution < 1.29 is 14.3 Å². The molecule has 4 nitrogen and oxygen atoms in total. The molecular formula is C21H23NO3S. The lowest BCUT2D eigenvalue weighted by molar-refractivity contribution is 0.0254. The summed E-state index contributed by atoms with van der Waals surface area (Å²) in [6, 6.07) is 18.7. The van der Waals surface area contributed by atoms with Gasteiger partial charge in [-0.25, -0.2) is 4.79 Å². The Morgan fingerprint density at radius 1 is 0.962 bits per heavy atom. The van der Waals surface area contributed by atoms with E-state index >= 15 is 0 Å². The molecule has 2 atom stereocenters. The van der Waals surface area contributed by atoms with Crippen LogP contribution in [0.1, 0.15) is 42.5 Å². The number of para-hydroxylation sites is 1. The minimum atomic E-state index is -0.264. The van der Waals surface area contributed by atoms with Crippen LogP contribution in [0, 0.1) is 0 Å². The molecule has 1 fully saturated rings. The molecule has 26 heavy (non-hydrogen) atoms. The van der Waals surface area contributed by atoms with Gasteiger partial charge < -0.3 is 14.8 Å². The summed E-state index contributed by atoms with van der Waals surface area (Å²) in [6.45, 7) is 0. The van der Waals surface area contributed by atoms with Crippen LogP contribution in [0.2, 0.25) is 0 Å². The summed E-state index contributed by atoms with van der Waals surface area (Å²) < 4.78 is 11.4. The lowest BCUT2D eigenvalue weighted by Crippen LogP contribution is -2.38. The van der Waals surface area contributed by atoms with E-state index in [1.807, 2.05) is 48.5 Å². The van der Waals surface area contributed by atoms with Crippen LogP contribution in [-0.2, 0) is 4.74 Å². The Morgan fingerprint density at radius 2 is 1.62 bits per heavy atom. The van der Waals surface area contributed by atoms with Crippen LogP contribution in [0.4, 0.5) is 0 Å². The summed E-state index contributed by atoms with van der Waals surface area (Å²) in [5.74, 6) is 0.449. The highest BCUT2D eigenvalue weighted by molar-refractivity contribution is 7.80. The summed E-state index contributed by atoms with van der Waals surface area (Å²) >= 11 is 5.32. The molecule has 136 valence electrons. The highest BCUT2D eigenvalue weighted by atomic mass is 32.1. The van der Waals surface area contributed by atoms with E-state index in [1.54, 1.807) is 12.1 Å². The lowest BCUT2D eigenvalue weighted by Gasteiger charge is -2.22. The number of hydrogen-bond donors (Lipinski definition) is 1. The standard InChI is InChI=1S/C21H23NO3S/c23-20(16-9-3-1-4-10-16)24-19-14-8-7-11-17(15-19)22-21(26)25-18-12-5-2-6-13-18/h1-6,9-10,12-13,17,19H,7-8,11,14-15H2,(H,22,26)/t17-,19-/m0/s1. The molecule has 1 N–H and O–H groups in total. The molecule has 0 aliphatic heterocycles. The van der Waals surface area contributed by atoms with E-state index in [0.29, 0.717) is 16.5 Å². The fraction of sp³-hybridized carbons (Fsp3) is 0.333.